The third-order valence-electron chi connectivity index (χ3n) is 3.39. The number of nitro groups is 1. The van der Waals surface area contributed by atoms with Crippen LogP contribution in [0.15, 0.2) is 18.2 Å². The average molecular weight is 298 g/mol. The van der Waals surface area contributed by atoms with Crippen molar-refractivity contribution >= 4 is 28.9 Å². The van der Waals surface area contributed by atoms with Gasteiger partial charge in [0.05, 0.1) is 11.5 Å². The maximum Gasteiger partial charge on any atom is 0.310 e. The summed E-state index contributed by atoms with van der Waals surface area (Å²) in [6.07, 6.45) is 2.04. The second-order valence-electron chi connectivity index (χ2n) is 4.81. The van der Waals surface area contributed by atoms with Crippen LogP contribution < -0.4 is 4.90 Å². The van der Waals surface area contributed by atoms with Gasteiger partial charge < -0.3 is 9.80 Å². The van der Waals surface area contributed by atoms with Gasteiger partial charge in [0.15, 0.2) is 0 Å². The summed E-state index contributed by atoms with van der Waals surface area (Å²) in [7, 11) is 1.66. The summed E-state index contributed by atoms with van der Waals surface area (Å²) in [5.74, 6) is -0.0146. The second-order valence-corrected chi connectivity index (χ2v) is 5.22. The zero-order valence-corrected chi connectivity index (χ0v) is 12.0. The van der Waals surface area contributed by atoms with Crippen LogP contribution in [0.2, 0.25) is 5.02 Å². The van der Waals surface area contributed by atoms with Crippen molar-refractivity contribution in [3.8, 4) is 0 Å². The largest absolute Gasteiger partial charge is 0.360 e. The Balaban J connectivity index is 2.16. The number of carbonyl (C=O) groups is 1. The summed E-state index contributed by atoms with van der Waals surface area (Å²) < 4.78 is 0. The predicted octanol–water partition coefficient (Wildman–Crippen LogP) is 2.31. The molecule has 0 spiro atoms. The van der Waals surface area contributed by atoms with Gasteiger partial charge in [0, 0.05) is 20.1 Å². The van der Waals surface area contributed by atoms with Gasteiger partial charge in [-0.15, -0.1) is 0 Å². The Morgan fingerprint density at radius 2 is 2.10 bits per heavy atom. The average Bonchev–Trinajstić information content (AvgIpc) is 2.91. The van der Waals surface area contributed by atoms with Gasteiger partial charge >= 0.3 is 5.69 Å². The fraction of sp³-hybridized carbons (Fsp3) is 0.462. The number of benzene rings is 1. The van der Waals surface area contributed by atoms with Crippen LogP contribution >= 0.6 is 11.6 Å². The number of rotatable bonds is 4. The van der Waals surface area contributed by atoms with Gasteiger partial charge in [0.2, 0.25) is 5.91 Å². The molecule has 1 heterocycles. The molecule has 0 aromatic heterocycles. The highest BCUT2D eigenvalue weighted by molar-refractivity contribution is 6.33. The molecule has 108 valence electrons. The molecule has 0 atom stereocenters. The lowest BCUT2D eigenvalue weighted by Crippen LogP contribution is -2.37. The lowest BCUT2D eigenvalue weighted by atomic mass is 10.2. The fourth-order valence-electron chi connectivity index (χ4n) is 2.35. The molecule has 1 aliphatic rings. The molecule has 1 aromatic carbocycles. The summed E-state index contributed by atoms with van der Waals surface area (Å²) in [6, 6.07) is 4.71. The second kappa shape index (κ2) is 6.09. The summed E-state index contributed by atoms with van der Waals surface area (Å²) in [5.41, 5.74) is 0.195. The number of nitrogens with zero attached hydrogens (tertiary/aromatic N) is 3. The number of anilines is 1. The first-order valence-electron chi connectivity index (χ1n) is 6.42. The molecule has 0 saturated carbocycles. The van der Waals surface area contributed by atoms with Crippen LogP contribution in [-0.2, 0) is 4.79 Å². The lowest BCUT2D eigenvalue weighted by molar-refractivity contribution is -0.384. The van der Waals surface area contributed by atoms with Gasteiger partial charge in [0.1, 0.15) is 10.7 Å². The Bertz CT molecular complexity index is 530. The standard InChI is InChI=1S/C13H16ClN3O3/c1-15(9-12(18)16-7-2-3-8-16)11-6-4-5-10(14)13(11)17(19)20/h4-6H,2-3,7-9H2,1H3. The smallest absolute Gasteiger partial charge is 0.310 e. The number of likely N-dealkylation sites (N-methyl/N-ethyl adjacent to an activating group) is 1. The van der Waals surface area contributed by atoms with Crippen molar-refractivity contribution in [2.45, 2.75) is 12.8 Å². The maximum atomic E-state index is 12.1. The molecule has 2 rings (SSSR count). The Morgan fingerprint density at radius 3 is 2.70 bits per heavy atom. The van der Waals surface area contributed by atoms with E-state index in [-0.39, 0.29) is 23.2 Å². The number of nitro benzene ring substituents is 1. The van der Waals surface area contributed by atoms with E-state index < -0.39 is 4.92 Å². The molecule has 0 unspecified atom stereocenters. The SMILES string of the molecule is CN(CC(=O)N1CCCC1)c1cccc(Cl)c1[N+](=O)[O-]. The van der Waals surface area contributed by atoms with E-state index in [1.54, 1.807) is 29.0 Å². The van der Waals surface area contributed by atoms with E-state index in [1.165, 1.54) is 6.07 Å². The van der Waals surface area contributed by atoms with E-state index in [0.717, 1.165) is 25.9 Å². The van der Waals surface area contributed by atoms with Crippen molar-refractivity contribution in [3.63, 3.8) is 0 Å². The molecule has 0 aliphatic carbocycles. The molecule has 1 fully saturated rings. The van der Waals surface area contributed by atoms with Crippen LogP contribution in [0.4, 0.5) is 11.4 Å². The summed E-state index contributed by atoms with van der Waals surface area (Å²) in [4.78, 5) is 26.0. The highest BCUT2D eigenvalue weighted by Gasteiger charge is 2.24. The molecule has 20 heavy (non-hydrogen) atoms. The third-order valence-corrected chi connectivity index (χ3v) is 3.70. The molecule has 0 bridgehead atoms. The summed E-state index contributed by atoms with van der Waals surface area (Å²) in [5, 5.41) is 11.2. The first kappa shape index (κ1) is 14.6. The number of likely N-dealkylation sites (tertiary alicyclic amines) is 1. The monoisotopic (exact) mass is 297 g/mol. The number of para-hydroxylation sites is 1. The van der Waals surface area contributed by atoms with Crippen LogP contribution in [0.5, 0.6) is 0 Å². The molecule has 6 nitrogen and oxygen atoms in total. The molecule has 1 aliphatic heterocycles. The van der Waals surface area contributed by atoms with Gasteiger partial charge in [-0.2, -0.15) is 0 Å². The summed E-state index contributed by atoms with van der Waals surface area (Å²) in [6.45, 7) is 1.65. The van der Waals surface area contributed by atoms with Crippen LogP contribution in [0.25, 0.3) is 0 Å². The fourth-order valence-corrected chi connectivity index (χ4v) is 2.59. The minimum atomic E-state index is -0.519. The van der Waals surface area contributed by atoms with Gasteiger partial charge in [0.25, 0.3) is 0 Å². The highest BCUT2D eigenvalue weighted by Crippen LogP contribution is 2.34. The van der Waals surface area contributed by atoms with Crippen molar-refractivity contribution in [2.24, 2.45) is 0 Å². The number of amides is 1. The zero-order valence-electron chi connectivity index (χ0n) is 11.2. The van der Waals surface area contributed by atoms with E-state index in [9.17, 15) is 14.9 Å². The van der Waals surface area contributed by atoms with Crippen LogP contribution in [-0.4, -0.2) is 42.4 Å². The van der Waals surface area contributed by atoms with Crippen molar-refractivity contribution in [2.75, 3.05) is 31.6 Å². The van der Waals surface area contributed by atoms with Gasteiger partial charge in [-0.3, -0.25) is 14.9 Å². The van der Waals surface area contributed by atoms with Crippen molar-refractivity contribution < 1.29 is 9.72 Å². The Morgan fingerprint density at radius 1 is 1.45 bits per heavy atom. The van der Waals surface area contributed by atoms with Crippen molar-refractivity contribution in [1.82, 2.24) is 4.90 Å². The molecular formula is C13H16ClN3O3. The number of halogens is 1. The minimum Gasteiger partial charge on any atom is -0.360 e. The maximum absolute atomic E-state index is 12.1. The summed E-state index contributed by atoms with van der Waals surface area (Å²) >= 11 is 5.87. The van der Waals surface area contributed by atoms with Gasteiger partial charge in [-0.1, -0.05) is 17.7 Å². The Kier molecular flexibility index (Phi) is 4.44. The zero-order chi connectivity index (χ0) is 14.7. The van der Waals surface area contributed by atoms with Crippen LogP contribution in [0.1, 0.15) is 12.8 Å². The van der Waals surface area contributed by atoms with E-state index in [4.69, 9.17) is 11.6 Å². The number of hydrogen-bond donors (Lipinski definition) is 0. The Hall–Kier alpha value is -1.82. The van der Waals surface area contributed by atoms with E-state index in [0.29, 0.717) is 5.69 Å². The molecule has 0 radical (unpaired) electrons. The van der Waals surface area contributed by atoms with Crippen LogP contribution in [0.3, 0.4) is 0 Å². The molecular weight excluding hydrogens is 282 g/mol. The Labute approximate surface area is 122 Å². The molecule has 1 amide bonds. The molecule has 7 heteroatoms. The van der Waals surface area contributed by atoms with Gasteiger partial charge in [-0.25, -0.2) is 0 Å². The quantitative estimate of drug-likeness (QED) is 0.632. The first-order valence-corrected chi connectivity index (χ1v) is 6.80. The molecule has 1 aromatic rings. The number of hydrogen-bond acceptors (Lipinski definition) is 4. The lowest BCUT2D eigenvalue weighted by Gasteiger charge is -2.22. The molecule has 0 N–H and O–H groups in total. The first-order chi connectivity index (χ1) is 9.50. The van der Waals surface area contributed by atoms with Gasteiger partial charge in [-0.05, 0) is 25.0 Å². The highest BCUT2D eigenvalue weighted by atomic mass is 35.5. The molecule has 1 saturated heterocycles. The third kappa shape index (κ3) is 3.01. The van der Waals surface area contributed by atoms with Crippen molar-refractivity contribution in [1.29, 1.82) is 0 Å². The minimum absolute atomic E-state index is 0.0146. The van der Waals surface area contributed by atoms with Crippen molar-refractivity contribution in [3.05, 3.63) is 33.3 Å². The van der Waals surface area contributed by atoms with Crippen LogP contribution in [0, 0.1) is 10.1 Å². The topological polar surface area (TPSA) is 66.7 Å². The number of carbonyl (C=O) groups excluding carboxylic acids is 1. The van der Waals surface area contributed by atoms with E-state index >= 15 is 0 Å². The predicted molar refractivity (Wildman–Crippen MR) is 77.2 cm³/mol. The van der Waals surface area contributed by atoms with E-state index in [2.05, 4.69) is 0 Å². The normalized spacial score (nSPS) is 14.4. The van der Waals surface area contributed by atoms with E-state index in [1.807, 2.05) is 0 Å².